The molecule has 1 aliphatic carbocycles. The number of aromatic nitrogens is 1. The molecule has 2 N–H and O–H groups in total. The van der Waals surface area contributed by atoms with Gasteiger partial charge in [0.15, 0.2) is 11.5 Å². The lowest BCUT2D eigenvalue weighted by Crippen LogP contribution is -2.24. The summed E-state index contributed by atoms with van der Waals surface area (Å²) in [5.41, 5.74) is 4.24. The van der Waals surface area contributed by atoms with Crippen LogP contribution < -0.4 is 10.3 Å². The smallest absolute Gasteiger partial charge is 0.291 e. The average molecular weight is 310 g/mol. The first-order chi connectivity index (χ1) is 11.2. The van der Waals surface area contributed by atoms with E-state index in [1.165, 1.54) is 17.5 Å². The first kappa shape index (κ1) is 15.6. The molecule has 0 unspecified atom stereocenters. The molecule has 2 heterocycles. The van der Waals surface area contributed by atoms with E-state index in [2.05, 4.69) is 30.2 Å². The maximum atomic E-state index is 9.67. The van der Waals surface area contributed by atoms with Gasteiger partial charge in [0.1, 0.15) is 11.6 Å². The second-order valence-electron chi connectivity index (χ2n) is 6.61. The van der Waals surface area contributed by atoms with Gasteiger partial charge >= 0.3 is 0 Å². The monoisotopic (exact) mass is 310 g/mol. The molecule has 0 bridgehead atoms. The molecule has 0 aromatic carbocycles. The number of anilines is 1. The average Bonchev–Trinajstić information content (AvgIpc) is 3.08. The fraction of sp³-hybridized carbons (Fsp3) is 0.474. The number of nitrogens with one attached hydrogen (secondary N) is 2. The molecule has 0 amide bonds. The van der Waals surface area contributed by atoms with E-state index in [1.807, 2.05) is 12.1 Å². The zero-order valence-electron chi connectivity index (χ0n) is 13.9. The predicted octanol–water partition coefficient (Wildman–Crippen LogP) is 3.97. The van der Waals surface area contributed by atoms with Crippen molar-refractivity contribution in [3.05, 3.63) is 35.1 Å². The van der Waals surface area contributed by atoms with Crippen molar-refractivity contribution in [3.63, 3.8) is 0 Å². The minimum Gasteiger partial charge on any atom is -0.461 e. The van der Waals surface area contributed by atoms with Crippen LogP contribution in [0.3, 0.4) is 0 Å². The van der Waals surface area contributed by atoms with Gasteiger partial charge in [-0.05, 0) is 55.7 Å². The van der Waals surface area contributed by atoms with E-state index < -0.39 is 0 Å². The maximum Gasteiger partial charge on any atom is 0.291 e. The standard InChI is InChI=1S/C19H23N3O/c1-13(2)9-10-21-19-16(12-20)14-6-3-4-7-15(14)18(22-19)17-8-5-11-23-17/h5,8,11,13H,3-4,6-7,9-10H2,1-2H3,(H,21,22)/p+1. The lowest BCUT2D eigenvalue weighted by Gasteiger charge is -2.19. The highest BCUT2D eigenvalue weighted by Crippen LogP contribution is 2.33. The summed E-state index contributed by atoms with van der Waals surface area (Å²) < 4.78 is 5.61. The molecule has 0 spiro atoms. The van der Waals surface area contributed by atoms with E-state index in [0.29, 0.717) is 5.92 Å². The van der Waals surface area contributed by atoms with Crippen LogP contribution in [-0.2, 0) is 12.8 Å². The van der Waals surface area contributed by atoms with Gasteiger partial charge in [-0.1, -0.05) is 13.8 Å². The van der Waals surface area contributed by atoms with Crippen molar-refractivity contribution in [2.45, 2.75) is 46.0 Å². The Balaban J connectivity index is 2.04. The van der Waals surface area contributed by atoms with Crippen LogP contribution in [0.15, 0.2) is 22.8 Å². The quantitative estimate of drug-likeness (QED) is 0.909. The lowest BCUT2D eigenvalue weighted by molar-refractivity contribution is -0.349. The maximum absolute atomic E-state index is 9.67. The van der Waals surface area contributed by atoms with Gasteiger partial charge in [0.05, 0.1) is 12.8 Å². The molecule has 0 aliphatic heterocycles. The topological polar surface area (TPSA) is 63.1 Å². The third-order valence-corrected chi connectivity index (χ3v) is 4.47. The number of hydrogen-bond donors (Lipinski definition) is 1. The van der Waals surface area contributed by atoms with Crippen molar-refractivity contribution in [1.82, 2.24) is 0 Å². The number of nitrogens with zero attached hydrogens (tertiary/aromatic N) is 1. The van der Waals surface area contributed by atoms with Gasteiger partial charge in [0.2, 0.25) is 0 Å². The first-order valence-electron chi connectivity index (χ1n) is 8.49. The van der Waals surface area contributed by atoms with E-state index in [9.17, 15) is 5.26 Å². The zero-order chi connectivity index (χ0) is 16.2. The molecular weight excluding hydrogens is 286 g/mol. The van der Waals surface area contributed by atoms with Crippen molar-refractivity contribution < 1.29 is 9.40 Å². The summed E-state index contributed by atoms with van der Waals surface area (Å²) in [6.45, 7) is 5.27. The van der Waals surface area contributed by atoms with E-state index in [1.54, 1.807) is 6.26 Å². The molecule has 0 fully saturated rings. The molecule has 2 aromatic heterocycles. The summed E-state index contributed by atoms with van der Waals surface area (Å²) in [6.07, 6.45) is 7.06. The van der Waals surface area contributed by atoms with Crippen LogP contribution in [0.2, 0.25) is 0 Å². The Bertz CT molecular complexity index is 711. The van der Waals surface area contributed by atoms with Crippen LogP contribution in [0.1, 0.15) is 49.8 Å². The highest BCUT2D eigenvalue weighted by Gasteiger charge is 2.27. The van der Waals surface area contributed by atoms with Crippen LogP contribution >= 0.6 is 0 Å². The molecule has 2 aromatic rings. The van der Waals surface area contributed by atoms with E-state index in [0.717, 1.165) is 55.1 Å². The van der Waals surface area contributed by atoms with Gasteiger partial charge < -0.3 is 4.42 Å². The van der Waals surface area contributed by atoms with Gasteiger partial charge in [-0.15, -0.1) is 0 Å². The number of H-pyrrole nitrogens is 1. The third-order valence-electron chi connectivity index (χ3n) is 4.47. The Morgan fingerprint density at radius 1 is 1.30 bits per heavy atom. The van der Waals surface area contributed by atoms with Gasteiger partial charge in [-0.3, -0.25) is 5.32 Å². The highest BCUT2D eigenvalue weighted by atomic mass is 16.3. The molecule has 23 heavy (non-hydrogen) atoms. The minimum absolute atomic E-state index is 0.634. The fourth-order valence-electron chi connectivity index (χ4n) is 3.24. The van der Waals surface area contributed by atoms with Crippen LogP contribution in [-0.4, -0.2) is 6.54 Å². The van der Waals surface area contributed by atoms with Gasteiger partial charge in [-0.2, -0.15) is 5.26 Å². The van der Waals surface area contributed by atoms with Gasteiger partial charge in [0.25, 0.3) is 5.82 Å². The van der Waals surface area contributed by atoms with E-state index in [4.69, 9.17) is 4.42 Å². The molecular formula is C19H24N3O+. The number of aromatic amines is 1. The first-order valence-corrected chi connectivity index (χ1v) is 8.49. The van der Waals surface area contributed by atoms with Crippen molar-refractivity contribution in [2.75, 3.05) is 11.9 Å². The number of rotatable bonds is 5. The van der Waals surface area contributed by atoms with Crippen molar-refractivity contribution in [1.29, 1.82) is 5.26 Å². The second kappa shape index (κ2) is 6.87. The Kier molecular flexibility index (Phi) is 4.66. The Morgan fingerprint density at radius 3 is 2.74 bits per heavy atom. The number of fused-ring (bicyclic) bond motifs is 1. The van der Waals surface area contributed by atoms with Gasteiger partial charge in [0, 0.05) is 5.56 Å². The number of furan rings is 1. The van der Waals surface area contributed by atoms with Crippen molar-refractivity contribution >= 4 is 5.82 Å². The second-order valence-corrected chi connectivity index (χ2v) is 6.61. The highest BCUT2D eigenvalue weighted by molar-refractivity contribution is 5.64. The SMILES string of the molecule is CC(C)CCNc1[nH+]c(-c2ccco2)c2c(c1C#N)CCCC2. The Labute approximate surface area is 137 Å². The van der Waals surface area contributed by atoms with Crippen LogP contribution in [0, 0.1) is 17.2 Å². The fourth-order valence-corrected chi connectivity index (χ4v) is 3.24. The predicted molar refractivity (Wildman–Crippen MR) is 90.0 cm³/mol. The molecule has 0 radical (unpaired) electrons. The summed E-state index contributed by atoms with van der Waals surface area (Å²) >= 11 is 0. The van der Waals surface area contributed by atoms with Crippen LogP contribution in [0.25, 0.3) is 11.5 Å². The molecule has 4 nitrogen and oxygen atoms in total. The van der Waals surface area contributed by atoms with Gasteiger partial charge in [-0.25, -0.2) is 4.98 Å². The summed E-state index contributed by atoms with van der Waals surface area (Å²) in [5.74, 6) is 2.31. The van der Waals surface area contributed by atoms with Crippen molar-refractivity contribution in [2.24, 2.45) is 5.92 Å². The minimum atomic E-state index is 0.634. The molecule has 4 heteroatoms. The largest absolute Gasteiger partial charge is 0.461 e. The summed E-state index contributed by atoms with van der Waals surface area (Å²) in [4.78, 5) is 3.44. The molecule has 120 valence electrons. The van der Waals surface area contributed by atoms with Crippen LogP contribution in [0.5, 0.6) is 0 Å². The van der Waals surface area contributed by atoms with E-state index >= 15 is 0 Å². The molecule has 1 aliphatic rings. The van der Waals surface area contributed by atoms with Crippen LogP contribution in [0.4, 0.5) is 5.82 Å². The Hall–Kier alpha value is -2.28. The number of hydrogen-bond acceptors (Lipinski definition) is 3. The zero-order valence-corrected chi connectivity index (χ0v) is 13.9. The molecule has 0 saturated carbocycles. The Morgan fingerprint density at radius 2 is 2.09 bits per heavy atom. The molecule has 3 rings (SSSR count). The number of pyridine rings is 1. The molecule has 0 saturated heterocycles. The lowest BCUT2D eigenvalue weighted by atomic mass is 9.87. The third kappa shape index (κ3) is 3.24. The van der Waals surface area contributed by atoms with E-state index in [-0.39, 0.29) is 0 Å². The summed E-state index contributed by atoms with van der Waals surface area (Å²) in [7, 11) is 0. The molecule has 0 atom stereocenters. The normalized spacial score (nSPS) is 13.7. The number of nitriles is 1. The summed E-state index contributed by atoms with van der Waals surface area (Å²) in [6, 6.07) is 6.29. The van der Waals surface area contributed by atoms with Crippen molar-refractivity contribution in [3.8, 4) is 17.5 Å². The summed E-state index contributed by atoms with van der Waals surface area (Å²) in [5, 5.41) is 13.1.